The van der Waals surface area contributed by atoms with Gasteiger partial charge in [-0.2, -0.15) is 0 Å². The van der Waals surface area contributed by atoms with Gasteiger partial charge in [0.25, 0.3) is 0 Å². The van der Waals surface area contributed by atoms with Crippen LogP contribution in [0.2, 0.25) is 0 Å². The summed E-state index contributed by atoms with van der Waals surface area (Å²) in [6, 6.07) is 1.91. The summed E-state index contributed by atoms with van der Waals surface area (Å²) in [6.07, 6.45) is 1.57. The average molecular weight is 298 g/mol. The number of amides is 2. The Bertz CT molecular complexity index is 471. The van der Waals surface area contributed by atoms with E-state index < -0.39 is 24.0 Å². The first-order valence-corrected chi connectivity index (χ1v) is 6.28. The van der Waals surface area contributed by atoms with E-state index in [0.717, 1.165) is 0 Å². The van der Waals surface area contributed by atoms with E-state index in [1.807, 2.05) is 0 Å². The molecule has 1 heterocycles. The second-order valence-corrected chi connectivity index (χ2v) is 4.10. The van der Waals surface area contributed by atoms with Gasteiger partial charge in [0.05, 0.1) is 27.0 Å². The van der Waals surface area contributed by atoms with Crippen molar-refractivity contribution in [2.75, 3.05) is 14.2 Å². The maximum absolute atomic E-state index is 11.7. The molecular weight excluding hydrogens is 280 g/mol. The fraction of sp³-hybridized carbons (Fsp3) is 0.462. The lowest BCUT2D eigenvalue weighted by molar-refractivity contribution is -0.144. The molecule has 0 aliphatic heterocycles. The van der Waals surface area contributed by atoms with Gasteiger partial charge < -0.3 is 24.5 Å². The van der Waals surface area contributed by atoms with Crippen LogP contribution < -0.4 is 10.6 Å². The van der Waals surface area contributed by atoms with Gasteiger partial charge in [-0.05, 0) is 18.6 Å². The molecule has 2 amide bonds. The predicted octanol–water partition coefficient (Wildman–Crippen LogP) is 0.574. The van der Waals surface area contributed by atoms with E-state index in [1.54, 1.807) is 12.1 Å². The Morgan fingerprint density at radius 1 is 1.29 bits per heavy atom. The van der Waals surface area contributed by atoms with E-state index in [-0.39, 0.29) is 19.4 Å². The average Bonchev–Trinajstić information content (AvgIpc) is 3.01. The van der Waals surface area contributed by atoms with Crippen molar-refractivity contribution in [3.63, 3.8) is 0 Å². The van der Waals surface area contributed by atoms with Crippen LogP contribution in [0.4, 0.5) is 4.79 Å². The number of urea groups is 1. The van der Waals surface area contributed by atoms with Crippen LogP contribution in [0, 0.1) is 0 Å². The zero-order chi connectivity index (χ0) is 15.7. The minimum atomic E-state index is -0.925. The van der Waals surface area contributed by atoms with E-state index in [1.165, 1.54) is 20.5 Å². The molecule has 0 saturated heterocycles. The Hall–Kier alpha value is -2.51. The van der Waals surface area contributed by atoms with Gasteiger partial charge in [0.1, 0.15) is 11.8 Å². The van der Waals surface area contributed by atoms with Crippen molar-refractivity contribution in [3.8, 4) is 0 Å². The van der Waals surface area contributed by atoms with Crippen molar-refractivity contribution in [3.05, 3.63) is 24.2 Å². The van der Waals surface area contributed by atoms with Crippen molar-refractivity contribution in [2.24, 2.45) is 0 Å². The van der Waals surface area contributed by atoms with E-state index in [9.17, 15) is 14.4 Å². The third-order valence-corrected chi connectivity index (χ3v) is 2.66. The summed E-state index contributed by atoms with van der Waals surface area (Å²) in [5, 5.41) is 4.96. The van der Waals surface area contributed by atoms with Crippen LogP contribution in [-0.2, 0) is 25.6 Å². The second-order valence-electron chi connectivity index (χ2n) is 4.10. The van der Waals surface area contributed by atoms with Crippen LogP contribution in [0.3, 0.4) is 0 Å². The highest BCUT2D eigenvalue weighted by molar-refractivity contribution is 5.84. The first-order chi connectivity index (χ1) is 10.1. The van der Waals surface area contributed by atoms with E-state index in [0.29, 0.717) is 5.76 Å². The number of carbonyl (C=O) groups excluding carboxylic acids is 3. The van der Waals surface area contributed by atoms with Gasteiger partial charge in [0, 0.05) is 6.42 Å². The summed E-state index contributed by atoms with van der Waals surface area (Å²) in [4.78, 5) is 34.3. The van der Waals surface area contributed by atoms with Gasteiger partial charge in [0.2, 0.25) is 0 Å². The molecule has 0 fully saturated rings. The molecule has 0 spiro atoms. The first-order valence-electron chi connectivity index (χ1n) is 6.28. The van der Waals surface area contributed by atoms with Crippen molar-refractivity contribution in [1.82, 2.24) is 10.6 Å². The van der Waals surface area contributed by atoms with Crippen molar-refractivity contribution in [1.29, 1.82) is 0 Å². The third kappa shape index (κ3) is 5.98. The highest BCUT2D eigenvalue weighted by atomic mass is 16.5. The van der Waals surface area contributed by atoms with E-state index in [2.05, 4.69) is 20.1 Å². The lowest BCUT2D eigenvalue weighted by atomic mass is 10.1. The lowest BCUT2D eigenvalue weighted by Gasteiger charge is -2.16. The smallest absolute Gasteiger partial charge is 0.328 e. The topological polar surface area (TPSA) is 107 Å². The molecule has 1 aromatic rings. The molecule has 0 aliphatic rings. The highest BCUT2D eigenvalue weighted by Crippen LogP contribution is 2.02. The van der Waals surface area contributed by atoms with Crippen LogP contribution in [0.15, 0.2) is 22.8 Å². The van der Waals surface area contributed by atoms with E-state index in [4.69, 9.17) is 4.42 Å². The Balaban J connectivity index is 2.44. The maximum Gasteiger partial charge on any atom is 0.328 e. The van der Waals surface area contributed by atoms with Gasteiger partial charge in [-0.25, -0.2) is 9.59 Å². The summed E-state index contributed by atoms with van der Waals surface area (Å²) in [7, 11) is 2.45. The molecule has 0 unspecified atom stereocenters. The van der Waals surface area contributed by atoms with Gasteiger partial charge in [0.15, 0.2) is 0 Å². The molecule has 1 aromatic heterocycles. The van der Waals surface area contributed by atoms with Crippen molar-refractivity contribution in [2.45, 2.75) is 25.4 Å². The molecule has 1 rings (SSSR count). The Morgan fingerprint density at radius 2 is 2.05 bits per heavy atom. The standard InChI is InChI=1S/C13H18N2O6/c1-19-11(16)6-5-10(12(17)20-2)15-13(18)14-8-9-4-3-7-21-9/h3-4,7,10H,5-6,8H2,1-2H3,(H2,14,15,18)/t10-/m1/s1. The maximum atomic E-state index is 11.7. The van der Waals surface area contributed by atoms with Crippen molar-refractivity contribution < 1.29 is 28.3 Å². The molecule has 21 heavy (non-hydrogen) atoms. The van der Waals surface area contributed by atoms with Gasteiger partial charge in [-0.3, -0.25) is 4.79 Å². The minimum Gasteiger partial charge on any atom is -0.469 e. The summed E-state index contributed by atoms with van der Waals surface area (Å²) in [5.74, 6) is -0.525. The van der Waals surface area contributed by atoms with Crippen LogP contribution >= 0.6 is 0 Å². The Morgan fingerprint density at radius 3 is 2.62 bits per heavy atom. The van der Waals surface area contributed by atoms with Crippen LogP contribution in [-0.4, -0.2) is 38.2 Å². The summed E-state index contributed by atoms with van der Waals surface area (Å²) in [5.41, 5.74) is 0. The Kier molecular flexibility index (Phi) is 6.79. The molecule has 116 valence electrons. The highest BCUT2D eigenvalue weighted by Gasteiger charge is 2.22. The quantitative estimate of drug-likeness (QED) is 0.713. The molecule has 8 nitrogen and oxygen atoms in total. The molecule has 0 radical (unpaired) electrons. The molecular formula is C13H18N2O6. The second kappa shape index (κ2) is 8.62. The number of rotatable bonds is 7. The number of methoxy groups -OCH3 is 2. The molecule has 0 saturated carbocycles. The summed E-state index contributed by atoms with van der Waals surface area (Å²) >= 11 is 0. The number of furan rings is 1. The number of esters is 2. The lowest BCUT2D eigenvalue weighted by Crippen LogP contribution is -2.46. The molecule has 0 bridgehead atoms. The number of hydrogen-bond donors (Lipinski definition) is 2. The molecule has 0 aliphatic carbocycles. The van der Waals surface area contributed by atoms with E-state index >= 15 is 0 Å². The number of ether oxygens (including phenoxy) is 2. The number of nitrogens with one attached hydrogen (secondary N) is 2. The largest absolute Gasteiger partial charge is 0.469 e. The fourth-order valence-electron chi connectivity index (χ4n) is 1.55. The molecule has 0 aromatic carbocycles. The molecule has 2 N–H and O–H groups in total. The zero-order valence-corrected chi connectivity index (χ0v) is 11.9. The fourth-order valence-corrected chi connectivity index (χ4v) is 1.55. The molecule has 8 heteroatoms. The molecule has 1 atom stereocenters. The van der Waals surface area contributed by atoms with Crippen LogP contribution in [0.5, 0.6) is 0 Å². The monoisotopic (exact) mass is 298 g/mol. The summed E-state index contributed by atoms with van der Waals surface area (Å²) in [6.45, 7) is 0.184. The van der Waals surface area contributed by atoms with Gasteiger partial charge in [-0.1, -0.05) is 0 Å². The normalized spacial score (nSPS) is 11.3. The third-order valence-electron chi connectivity index (χ3n) is 2.66. The zero-order valence-electron chi connectivity index (χ0n) is 11.9. The Labute approximate surface area is 121 Å². The van der Waals surface area contributed by atoms with Gasteiger partial charge in [-0.15, -0.1) is 0 Å². The first kappa shape index (κ1) is 16.5. The summed E-state index contributed by atoms with van der Waals surface area (Å²) < 4.78 is 14.1. The number of carbonyl (C=O) groups is 3. The van der Waals surface area contributed by atoms with Crippen LogP contribution in [0.25, 0.3) is 0 Å². The van der Waals surface area contributed by atoms with Gasteiger partial charge >= 0.3 is 18.0 Å². The van der Waals surface area contributed by atoms with Crippen molar-refractivity contribution >= 4 is 18.0 Å². The van der Waals surface area contributed by atoms with Crippen LogP contribution in [0.1, 0.15) is 18.6 Å². The predicted molar refractivity (Wildman–Crippen MR) is 71.1 cm³/mol. The minimum absolute atomic E-state index is 0.00523. The number of hydrogen-bond acceptors (Lipinski definition) is 6. The SMILES string of the molecule is COC(=O)CC[C@@H](NC(=O)NCc1ccco1)C(=O)OC.